The summed E-state index contributed by atoms with van der Waals surface area (Å²) in [4.78, 5) is 3.82. The van der Waals surface area contributed by atoms with E-state index >= 15 is 0 Å². The third kappa shape index (κ3) is 3.18. The molecule has 2 rings (SSSR count). The highest BCUT2D eigenvalue weighted by Crippen LogP contribution is 2.28. The van der Waals surface area contributed by atoms with Gasteiger partial charge in [-0.05, 0) is 19.8 Å². The maximum atomic E-state index is 13.5. The van der Waals surface area contributed by atoms with Crippen LogP contribution in [-0.4, -0.2) is 18.2 Å². The van der Waals surface area contributed by atoms with Gasteiger partial charge in [-0.2, -0.15) is 0 Å². The Morgan fingerprint density at radius 1 is 1.47 bits per heavy atom. The van der Waals surface area contributed by atoms with Crippen molar-refractivity contribution in [2.75, 3.05) is 13.2 Å². The Morgan fingerprint density at radius 2 is 2.18 bits per heavy atom. The van der Waals surface area contributed by atoms with Crippen LogP contribution in [0, 0.1) is 23.1 Å². The molecule has 2 heterocycles. The Bertz CT molecular complexity index is 472. The van der Waals surface area contributed by atoms with Gasteiger partial charge in [0.2, 0.25) is 0 Å². The second kappa shape index (κ2) is 5.03. The molecule has 90 valence electrons. The van der Waals surface area contributed by atoms with Gasteiger partial charge in [-0.25, -0.2) is 9.37 Å². The van der Waals surface area contributed by atoms with E-state index in [4.69, 9.17) is 16.3 Å². The molecule has 4 heteroatoms. The highest BCUT2D eigenvalue weighted by molar-refractivity contribution is 6.29. The van der Waals surface area contributed by atoms with Gasteiger partial charge in [0.25, 0.3) is 0 Å². The first-order chi connectivity index (χ1) is 8.09. The lowest BCUT2D eigenvalue weighted by Gasteiger charge is -2.28. The molecule has 1 aliphatic rings. The normalized spacial score (nSPS) is 18.3. The molecule has 1 fully saturated rings. The third-order valence-corrected chi connectivity index (χ3v) is 3.12. The molecule has 0 atom stereocenters. The van der Waals surface area contributed by atoms with Crippen LogP contribution in [0.2, 0.25) is 5.15 Å². The highest BCUT2D eigenvalue weighted by atomic mass is 35.5. The lowest BCUT2D eigenvalue weighted by Crippen LogP contribution is -2.24. The van der Waals surface area contributed by atoms with Gasteiger partial charge in [0, 0.05) is 30.9 Å². The summed E-state index contributed by atoms with van der Waals surface area (Å²) in [5.41, 5.74) is 0.201. The van der Waals surface area contributed by atoms with Crippen LogP contribution in [-0.2, 0) is 4.74 Å². The van der Waals surface area contributed by atoms with Gasteiger partial charge >= 0.3 is 0 Å². The number of pyridine rings is 1. The Hall–Kier alpha value is -1.11. The van der Waals surface area contributed by atoms with Crippen LogP contribution in [0.5, 0.6) is 0 Å². The van der Waals surface area contributed by atoms with Crippen molar-refractivity contribution in [2.45, 2.75) is 19.8 Å². The van der Waals surface area contributed by atoms with Crippen molar-refractivity contribution < 1.29 is 9.13 Å². The first-order valence-electron chi connectivity index (χ1n) is 5.51. The minimum absolute atomic E-state index is 0.0929. The van der Waals surface area contributed by atoms with Gasteiger partial charge < -0.3 is 4.74 Å². The monoisotopic (exact) mass is 253 g/mol. The molecule has 0 unspecified atom stereocenters. The number of nitrogens with zero attached hydrogens (tertiary/aromatic N) is 1. The molecular weight excluding hydrogens is 241 g/mol. The van der Waals surface area contributed by atoms with Crippen molar-refractivity contribution in [3.8, 4) is 11.8 Å². The van der Waals surface area contributed by atoms with E-state index < -0.39 is 5.82 Å². The molecule has 2 nitrogen and oxygen atoms in total. The number of rotatable bonds is 0. The minimum Gasteiger partial charge on any atom is -0.381 e. The predicted octanol–water partition coefficient (Wildman–Crippen LogP) is 3.04. The number of aromatic nitrogens is 1. The van der Waals surface area contributed by atoms with E-state index in [0.29, 0.717) is 18.8 Å². The van der Waals surface area contributed by atoms with Crippen LogP contribution in [0.25, 0.3) is 0 Å². The maximum absolute atomic E-state index is 13.5. The Morgan fingerprint density at radius 3 is 2.82 bits per heavy atom. The first-order valence-corrected chi connectivity index (χ1v) is 5.89. The van der Waals surface area contributed by atoms with E-state index in [1.807, 2.05) is 0 Å². The highest BCUT2D eigenvalue weighted by Gasteiger charge is 2.24. The van der Waals surface area contributed by atoms with E-state index in [1.54, 1.807) is 0 Å². The summed E-state index contributed by atoms with van der Waals surface area (Å²) in [6.45, 7) is 3.50. The Balaban J connectivity index is 2.20. The topological polar surface area (TPSA) is 22.1 Å². The van der Waals surface area contributed by atoms with E-state index in [2.05, 4.69) is 23.7 Å². The van der Waals surface area contributed by atoms with Gasteiger partial charge in [-0.1, -0.05) is 23.4 Å². The lowest BCUT2D eigenvalue weighted by atomic mass is 9.83. The predicted molar refractivity (Wildman–Crippen MR) is 64.2 cm³/mol. The number of hydrogen-bond acceptors (Lipinski definition) is 2. The summed E-state index contributed by atoms with van der Waals surface area (Å²) in [6.07, 6.45) is 3.12. The van der Waals surface area contributed by atoms with Crippen molar-refractivity contribution in [1.29, 1.82) is 0 Å². The summed E-state index contributed by atoms with van der Waals surface area (Å²) in [6, 6.07) is 1.18. The number of ether oxygens (including phenoxy) is 1. The molecule has 0 amide bonds. The summed E-state index contributed by atoms with van der Waals surface area (Å²) in [7, 11) is 0. The smallest absolute Gasteiger partial charge is 0.143 e. The molecule has 1 aromatic rings. The molecule has 0 saturated carbocycles. The first kappa shape index (κ1) is 12.3. The fourth-order valence-corrected chi connectivity index (χ4v) is 1.81. The van der Waals surface area contributed by atoms with Crippen molar-refractivity contribution in [2.24, 2.45) is 5.41 Å². The fraction of sp³-hybridized carbons (Fsp3) is 0.462. The molecule has 0 N–H and O–H groups in total. The zero-order chi connectivity index (χ0) is 12.3. The third-order valence-electron chi connectivity index (χ3n) is 2.92. The molecule has 0 radical (unpaired) electrons. The second-order valence-electron chi connectivity index (χ2n) is 4.41. The molecule has 1 aromatic heterocycles. The molecular formula is C13H13ClFNO. The van der Waals surface area contributed by atoms with E-state index in [0.717, 1.165) is 12.8 Å². The van der Waals surface area contributed by atoms with Gasteiger partial charge in [-0.3, -0.25) is 0 Å². The van der Waals surface area contributed by atoms with Gasteiger partial charge in [0.05, 0.1) is 5.56 Å². The molecule has 0 aromatic carbocycles. The van der Waals surface area contributed by atoms with Crippen LogP contribution >= 0.6 is 11.6 Å². The van der Waals surface area contributed by atoms with E-state index in [9.17, 15) is 4.39 Å². The van der Waals surface area contributed by atoms with Crippen LogP contribution in [0.15, 0.2) is 12.3 Å². The average molecular weight is 254 g/mol. The average Bonchev–Trinajstić information content (AvgIpc) is 2.29. The van der Waals surface area contributed by atoms with E-state index in [-0.39, 0.29) is 10.6 Å². The standard InChI is InChI=1S/C13H13ClFNO/c1-13(4-6-17-7-5-13)3-2-10-9-16-12(14)8-11(10)15/h8-9H,4-7H2,1H3. The summed E-state index contributed by atoms with van der Waals surface area (Å²) in [5, 5.41) is 0.144. The number of hydrogen-bond donors (Lipinski definition) is 0. The van der Waals surface area contributed by atoms with Crippen LogP contribution in [0.1, 0.15) is 25.3 Å². The summed E-state index contributed by atoms with van der Waals surface area (Å²) in [5.74, 6) is 5.55. The lowest BCUT2D eigenvalue weighted by molar-refractivity contribution is 0.0487. The zero-order valence-corrected chi connectivity index (χ0v) is 10.4. The summed E-state index contributed by atoms with van der Waals surface area (Å²) >= 11 is 5.58. The van der Waals surface area contributed by atoms with Crippen molar-refractivity contribution >= 4 is 11.6 Å². The molecule has 17 heavy (non-hydrogen) atoms. The van der Waals surface area contributed by atoms with Crippen LogP contribution in [0.4, 0.5) is 4.39 Å². The number of halogens is 2. The van der Waals surface area contributed by atoms with Crippen molar-refractivity contribution in [1.82, 2.24) is 4.98 Å². The van der Waals surface area contributed by atoms with Gasteiger partial charge in [0.1, 0.15) is 11.0 Å². The maximum Gasteiger partial charge on any atom is 0.143 e. The SMILES string of the molecule is CC1(C#Cc2cnc(Cl)cc2F)CCOCC1. The molecule has 1 aliphatic heterocycles. The molecule has 0 aliphatic carbocycles. The minimum atomic E-state index is -0.423. The van der Waals surface area contributed by atoms with Crippen LogP contribution in [0.3, 0.4) is 0 Å². The molecule has 0 bridgehead atoms. The molecule has 1 saturated heterocycles. The quantitative estimate of drug-likeness (QED) is 0.524. The van der Waals surface area contributed by atoms with Crippen LogP contribution < -0.4 is 0 Å². The Kier molecular flexibility index (Phi) is 3.66. The fourth-order valence-electron chi connectivity index (χ4n) is 1.66. The van der Waals surface area contributed by atoms with Gasteiger partial charge in [-0.15, -0.1) is 0 Å². The van der Waals surface area contributed by atoms with Crippen molar-refractivity contribution in [3.63, 3.8) is 0 Å². The largest absolute Gasteiger partial charge is 0.381 e. The van der Waals surface area contributed by atoms with E-state index in [1.165, 1.54) is 12.3 Å². The molecule has 0 spiro atoms. The second-order valence-corrected chi connectivity index (χ2v) is 4.80. The Labute approximate surface area is 105 Å². The zero-order valence-electron chi connectivity index (χ0n) is 9.59. The van der Waals surface area contributed by atoms with Crippen molar-refractivity contribution in [3.05, 3.63) is 28.8 Å². The summed E-state index contributed by atoms with van der Waals surface area (Å²) < 4.78 is 18.8. The van der Waals surface area contributed by atoms with Gasteiger partial charge in [0.15, 0.2) is 0 Å².